The van der Waals surface area contributed by atoms with Crippen molar-refractivity contribution in [1.82, 2.24) is 0 Å². The third kappa shape index (κ3) is 3.35. The number of ether oxygens (including phenoxy) is 1. The number of carbonyl (C=O) groups is 2. The maximum atomic E-state index is 12.5. The summed E-state index contributed by atoms with van der Waals surface area (Å²) in [6.45, 7) is 2.28. The molecule has 0 unspecified atom stereocenters. The third-order valence-corrected chi connectivity index (χ3v) is 3.64. The van der Waals surface area contributed by atoms with Gasteiger partial charge in [-0.25, -0.2) is 0 Å². The van der Waals surface area contributed by atoms with E-state index in [0.717, 1.165) is 25.7 Å². The fraction of sp³-hybridized carbons (Fsp3) is 0.412. The van der Waals surface area contributed by atoms with Gasteiger partial charge in [-0.05, 0) is 19.8 Å². The Balaban J connectivity index is 2.23. The lowest BCUT2D eigenvalue weighted by Crippen LogP contribution is -2.20. The van der Waals surface area contributed by atoms with Gasteiger partial charge in [0.15, 0.2) is 11.6 Å². The number of benzene rings is 1. The average molecular weight is 272 g/mol. The Hall–Kier alpha value is -1.90. The molecule has 0 aliphatic heterocycles. The molecule has 0 amide bonds. The number of hydrogen-bond acceptors (Lipinski definition) is 3. The minimum Gasteiger partial charge on any atom is -0.501 e. The molecule has 1 fully saturated rings. The maximum Gasteiger partial charge on any atom is 0.199 e. The Bertz CT molecular complexity index is 496. The summed E-state index contributed by atoms with van der Waals surface area (Å²) >= 11 is 0. The summed E-state index contributed by atoms with van der Waals surface area (Å²) in [5.74, 6) is -0.324. The van der Waals surface area contributed by atoms with Crippen LogP contribution in [0.15, 0.2) is 42.2 Å². The molecular formula is C17H20O3. The van der Waals surface area contributed by atoms with Gasteiger partial charge in [0.2, 0.25) is 0 Å². The zero-order valence-electron chi connectivity index (χ0n) is 11.8. The fourth-order valence-corrected chi connectivity index (χ4v) is 2.54. The summed E-state index contributed by atoms with van der Waals surface area (Å²) in [4.78, 5) is 25.0. The molecule has 106 valence electrons. The number of allylic oxidation sites excluding steroid dienone is 1. The van der Waals surface area contributed by atoms with Gasteiger partial charge in [-0.3, -0.25) is 9.59 Å². The van der Waals surface area contributed by atoms with E-state index in [2.05, 4.69) is 0 Å². The van der Waals surface area contributed by atoms with Crippen LogP contribution in [0.25, 0.3) is 0 Å². The molecule has 0 radical (unpaired) electrons. The van der Waals surface area contributed by atoms with E-state index in [0.29, 0.717) is 12.2 Å². The first-order valence-electron chi connectivity index (χ1n) is 7.19. The van der Waals surface area contributed by atoms with Crippen molar-refractivity contribution in [1.29, 1.82) is 0 Å². The second-order valence-corrected chi connectivity index (χ2v) is 5.03. The van der Waals surface area contributed by atoms with Crippen LogP contribution in [0, 0.1) is 5.92 Å². The van der Waals surface area contributed by atoms with Crippen LogP contribution in [0.1, 0.15) is 43.0 Å². The fourth-order valence-electron chi connectivity index (χ4n) is 2.54. The molecule has 2 rings (SSSR count). The highest BCUT2D eigenvalue weighted by Crippen LogP contribution is 2.28. The van der Waals surface area contributed by atoms with Gasteiger partial charge in [0.25, 0.3) is 0 Å². The smallest absolute Gasteiger partial charge is 0.199 e. The van der Waals surface area contributed by atoms with Crippen molar-refractivity contribution in [3.8, 4) is 0 Å². The quantitative estimate of drug-likeness (QED) is 0.261. The van der Waals surface area contributed by atoms with Gasteiger partial charge in [0, 0.05) is 11.5 Å². The van der Waals surface area contributed by atoms with E-state index >= 15 is 0 Å². The highest BCUT2D eigenvalue weighted by molar-refractivity contribution is 6.26. The van der Waals surface area contributed by atoms with Crippen molar-refractivity contribution >= 4 is 11.6 Å². The predicted molar refractivity (Wildman–Crippen MR) is 77.4 cm³/mol. The SMILES string of the molecule is CCO/C=C(/C(=O)c1ccccc1)C(=O)C1CCCC1. The van der Waals surface area contributed by atoms with Crippen LogP contribution in [0.5, 0.6) is 0 Å². The Morgan fingerprint density at radius 2 is 1.85 bits per heavy atom. The van der Waals surface area contributed by atoms with Crippen molar-refractivity contribution in [3.05, 3.63) is 47.7 Å². The minimum atomic E-state index is -0.240. The second kappa shape index (κ2) is 7.04. The molecule has 1 saturated carbocycles. The standard InChI is InChI=1S/C17H20O3/c1-2-20-12-15(17(19)14-10-6-7-11-14)16(18)13-8-4-3-5-9-13/h3-5,8-9,12,14H,2,6-7,10-11H2,1H3/b15-12-. The zero-order valence-corrected chi connectivity index (χ0v) is 11.8. The Morgan fingerprint density at radius 1 is 1.20 bits per heavy atom. The van der Waals surface area contributed by atoms with E-state index in [1.54, 1.807) is 24.3 Å². The van der Waals surface area contributed by atoms with E-state index < -0.39 is 0 Å². The van der Waals surface area contributed by atoms with E-state index in [4.69, 9.17) is 4.74 Å². The molecule has 1 aromatic rings. The number of ketones is 2. The van der Waals surface area contributed by atoms with Crippen LogP contribution in [0.3, 0.4) is 0 Å². The normalized spacial score (nSPS) is 16.1. The summed E-state index contributed by atoms with van der Waals surface area (Å²) in [5.41, 5.74) is 0.717. The van der Waals surface area contributed by atoms with Crippen molar-refractivity contribution in [3.63, 3.8) is 0 Å². The highest BCUT2D eigenvalue weighted by atomic mass is 16.5. The van der Waals surface area contributed by atoms with Gasteiger partial charge in [0.1, 0.15) is 5.57 Å². The van der Waals surface area contributed by atoms with Crippen molar-refractivity contribution in [2.24, 2.45) is 5.92 Å². The summed E-state index contributed by atoms with van der Waals surface area (Å²) in [6, 6.07) is 8.90. The monoisotopic (exact) mass is 272 g/mol. The van der Waals surface area contributed by atoms with Crippen LogP contribution in [0.2, 0.25) is 0 Å². The van der Waals surface area contributed by atoms with Gasteiger partial charge in [0.05, 0.1) is 12.9 Å². The lowest BCUT2D eigenvalue weighted by atomic mass is 9.92. The molecule has 0 spiro atoms. The van der Waals surface area contributed by atoms with Gasteiger partial charge < -0.3 is 4.74 Å². The lowest BCUT2D eigenvalue weighted by Gasteiger charge is -2.11. The van der Waals surface area contributed by atoms with E-state index in [-0.39, 0.29) is 23.1 Å². The van der Waals surface area contributed by atoms with Crippen LogP contribution in [-0.4, -0.2) is 18.2 Å². The van der Waals surface area contributed by atoms with Crippen LogP contribution < -0.4 is 0 Å². The molecule has 3 heteroatoms. The number of rotatable bonds is 6. The Morgan fingerprint density at radius 3 is 2.45 bits per heavy atom. The first kappa shape index (κ1) is 14.5. The van der Waals surface area contributed by atoms with Gasteiger partial charge in [-0.15, -0.1) is 0 Å². The zero-order chi connectivity index (χ0) is 14.4. The molecule has 0 atom stereocenters. The second-order valence-electron chi connectivity index (χ2n) is 5.03. The van der Waals surface area contributed by atoms with E-state index in [1.165, 1.54) is 6.26 Å². The lowest BCUT2D eigenvalue weighted by molar-refractivity contribution is -0.118. The molecule has 0 heterocycles. The van der Waals surface area contributed by atoms with Crippen molar-refractivity contribution < 1.29 is 14.3 Å². The van der Waals surface area contributed by atoms with E-state index in [9.17, 15) is 9.59 Å². The molecule has 1 aliphatic rings. The Kier molecular flexibility index (Phi) is 5.10. The number of carbonyl (C=O) groups excluding carboxylic acids is 2. The van der Waals surface area contributed by atoms with Crippen LogP contribution in [0.4, 0.5) is 0 Å². The largest absolute Gasteiger partial charge is 0.501 e. The average Bonchev–Trinajstić information content (AvgIpc) is 3.02. The predicted octanol–water partition coefficient (Wildman–Crippen LogP) is 3.55. The number of hydrogen-bond donors (Lipinski definition) is 0. The van der Waals surface area contributed by atoms with Gasteiger partial charge in [-0.1, -0.05) is 43.2 Å². The summed E-state index contributed by atoms with van der Waals surface area (Å²) in [6.07, 6.45) is 5.24. The topological polar surface area (TPSA) is 43.4 Å². The molecule has 0 bridgehead atoms. The molecule has 0 aromatic heterocycles. The molecule has 0 saturated heterocycles. The van der Waals surface area contributed by atoms with Crippen LogP contribution >= 0.6 is 0 Å². The van der Waals surface area contributed by atoms with Gasteiger partial charge >= 0.3 is 0 Å². The van der Waals surface area contributed by atoms with Crippen LogP contribution in [-0.2, 0) is 9.53 Å². The highest BCUT2D eigenvalue weighted by Gasteiger charge is 2.29. The molecule has 1 aromatic carbocycles. The third-order valence-electron chi connectivity index (χ3n) is 3.64. The molecular weight excluding hydrogens is 252 g/mol. The van der Waals surface area contributed by atoms with Crippen molar-refractivity contribution in [2.45, 2.75) is 32.6 Å². The van der Waals surface area contributed by atoms with Gasteiger partial charge in [-0.2, -0.15) is 0 Å². The molecule has 3 nitrogen and oxygen atoms in total. The molecule has 1 aliphatic carbocycles. The number of Topliss-reactive ketones (excluding diaryl/α,β-unsaturated/α-hetero) is 2. The maximum absolute atomic E-state index is 12.5. The first-order valence-corrected chi connectivity index (χ1v) is 7.19. The Labute approximate surface area is 119 Å². The minimum absolute atomic E-state index is 0.0191. The molecule has 0 N–H and O–H groups in total. The first-order chi connectivity index (χ1) is 9.74. The molecule has 20 heavy (non-hydrogen) atoms. The summed E-state index contributed by atoms with van der Waals surface area (Å²) < 4.78 is 5.22. The summed E-state index contributed by atoms with van der Waals surface area (Å²) in [7, 11) is 0. The van der Waals surface area contributed by atoms with Crippen molar-refractivity contribution in [2.75, 3.05) is 6.61 Å². The van der Waals surface area contributed by atoms with E-state index in [1.807, 2.05) is 13.0 Å². The summed E-state index contributed by atoms with van der Waals surface area (Å²) in [5, 5.41) is 0.